The summed E-state index contributed by atoms with van der Waals surface area (Å²) in [5.41, 5.74) is 30.3. The SMILES string of the molecule is [N-]=[N+]=NCC(N)/C=C(\CN)C1=CCC2C1CCC1C3C=CC(C(=O)N=O)=CC3CC[C@@]21N. The van der Waals surface area contributed by atoms with Crippen molar-refractivity contribution >= 4 is 5.91 Å². The molecule has 1 amide bonds. The summed E-state index contributed by atoms with van der Waals surface area (Å²) in [5.74, 6) is 0.847. The van der Waals surface area contributed by atoms with Gasteiger partial charge in [0.1, 0.15) is 0 Å². The molecule has 0 aromatic heterocycles. The quantitative estimate of drug-likeness (QED) is 0.250. The molecule has 2 fully saturated rings. The first-order chi connectivity index (χ1) is 15.4. The summed E-state index contributed by atoms with van der Waals surface area (Å²) in [6, 6.07) is -0.361. The fraction of sp³-hybridized carbons (Fsp3) is 0.609. The van der Waals surface area contributed by atoms with E-state index in [1.807, 2.05) is 12.2 Å². The Morgan fingerprint density at radius 2 is 2.16 bits per heavy atom. The molecule has 0 aromatic rings. The van der Waals surface area contributed by atoms with Gasteiger partial charge in [0, 0.05) is 40.3 Å². The number of nitroso groups, excluding NO2 is 1. The highest BCUT2D eigenvalue weighted by atomic mass is 16.3. The van der Waals surface area contributed by atoms with Gasteiger partial charge in [-0.25, -0.2) is 0 Å². The molecule has 4 aliphatic rings. The van der Waals surface area contributed by atoms with E-state index >= 15 is 0 Å². The van der Waals surface area contributed by atoms with E-state index in [4.69, 9.17) is 22.7 Å². The Morgan fingerprint density at radius 1 is 1.34 bits per heavy atom. The second kappa shape index (κ2) is 9.11. The molecular formula is C23H31N7O2. The number of carbonyl (C=O) groups is 1. The zero-order valence-electron chi connectivity index (χ0n) is 18.1. The lowest BCUT2D eigenvalue weighted by Gasteiger charge is -2.56. The topological polar surface area (TPSA) is 173 Å². The van der Waals surface area contributed by atoms with Crippen LogP contribution in [0.5, 0.6) is 0 Å². The van der Waals surface area contributed by atoms with Crippen LogP contribution in [0.3, 0.4) is 0 Å². The molecule has 4 aliphatic carbocycles. The monoisotopic (exact) mass is 437 g/mol. The highest BCUT2D eigenvalue weighted by Crippen LogP contribution is 2.58. The van der Waals surface area contributed by atoms with Crippen LogP contribution in [0.4, 0.5) is 0 Å². The second-order valence-electron chi connectivity index (χ2n) is 9.54. The maximum Gasteiger partial charge on any atom is 0.316 e. The first-order valence-corrected chi connectivity index (χ1v) is 11.4. The lowest BCUT2D eigenvalue weighted by Crippen LogP contribution is -2.62. The van der Waals surface area contributed by atoms with Crippen LogP contribution in [-0.4, -0.2) is 30.6 Å². The Hall–Kier alpha value is -2.58. The third-order valence-corrected chi connectivity index (χ3v) is 8.10. The number of nitrogens with zero attached hydrogens (tertiary/aromatic N) is 4. The van der Waals surface area contributed by atoms with Crippen LogP contribution in [0.1, 0.15) is 32.1 Å². The summed E-state index contributed by atoms with van der Waals surface area (Å²) in [6.07, 6.45) is 14.7. The van der Waals surface area contributed by atoms with Gasteiger partial charge in [-0.15, -0.1) is 4.91 Å². The molecule has 9 nitrogen and oxygen atoms in total. The zero-order valence-corrected chi connectivity index (χ0v) is 18.1. The molecule has 0 heterocycles. The molecule has 0 radical (unpaired) electrons. The molecule has 9 heteroatoms. The van der Waals surface area contributed by atoms with Gasteiger partial charge in [0.05, 0.1) is 0 Å². The number of rotatable bonds is 6. The van der Waals surface area contributed by atoms with E-state index in [9.17, 15) is 9.70 Å². The smallest absolute Gasteiger partial charge is 0.316 e. The highest BCUT2D eigenvalue weighted by Gasteiger charge is 2.56. The van der Waals surface area contributed by atoms with Gasteiger partial charge in [-0.2, -0.15) is 0 Å². The first-order valence-electron chi connectivity index (χ1n) is 11.4. The van der Waals surface area contributed by atoms with Gasteiger partial charge in [0.15, 0.2) is 0 Å². The predicted molar refractivity (Wildman–Crippen MR) is 123 cm³/mol. The van der Waals surface area contributed by atoms with E-state index in [1.165, 1.54) is 5.57 Å². The van der Waals surface area contributed by atoms with Gasteiger partial charge in [-0.05, 0) is 78.4 Å². The average Bonchev–Trinajstić information content (AvgIpc) is 3.25. The Labute approximate surface area is 187 Å². The van der Waals surface area contributed by atoms with E-state index in [0.717, 1.165) is 37.7 Å². The number of azide groups is 1. The average molecular weight is 438 g/mol. The van der Waals surface area contributed by atoms with Crippen LogP contribution in [0.15, 0.2) is 57.4 Å². The summed E-state index contributed by atoms with van der Waals surface area (Å²) in [5, 5.41) is 6.14. The van der Waals surface area contributed by atoms with Crippen LogP contribution >= 0.6 is 0 Å². The number of carbonyl (C=O) groups excluding carboxylic acids is 1. The number of nitrogens with two attached hydrogens (primary N) is 3. The maximum atomic E-state index is 11.7. The highest BCUT2D eigenvalue weighted by molar-refractivity contribution is 5.97. The van der Waals surface area contributed by atoms with Crippen LogP contribution < -0.4 is 17.2 Å². The number of allylic oxidation sites excluding steroid dienone is 3. The first kappa shape index (κ1) is 22.6. The molecule has 0 bridgehead atoms. The molecule has 0 spiro atoms. The molecule has 32 heavy (non-hydrogen) atoms. The summed E-state index contributed by atoms with van der Waals surface area (Å²) in [7, 11) is 0. The minimum Gasteiger partial charge on any atom is -0.326 e. The molecule has 170 valence electrons. The van der Waals surface area contributed by atoms with Crippen LogP contribution in [0.25, 0.3) is 10.4 Å². The van der Waals surface area contributed by atoms with Crippen LogP contribution in [0, 0.1) is 34.5 Å². The van der Waals surface area contributed by atoms with E-state index in [0.29, 0.717) is 29.9 Å². The third-order valence-electron chi connectivity index (χ3n) is 8.10. The Balaban J connectivity index is 1.53. The maximum absolute atomic E-state index is 11.7. The van der Waals surface area contributed by atoms with Crippen molar-refractivity contribution in [3.63, 3.8) is 0 Å². The van der Waals surface area contributed by atoms with Crippen LogP contribution in [0.2, 0.25) is 0 Å². The van der Waals surface area contributed by atoms with E-state index in [-0.39, 0.29) is 30.0 Å². The summed E-state index contributed by atoms with van der Waals surface area (Å²) >= 11 is 0. The predicted octanol–water partition coefficient (Wildman–Crippen LogP) is 2.99. The van der Waals surface area contributed by atoms with E-state index in [1.54, 1.807) is 6.08 Å². The van der Waals surface area contributed by atoms with Crippen molar-refractivity contribution < 1.29 is 4.79 Å². The summed E-state index contributed by atoms with van der Waals surface area (Å²) in [6.45, 7) is 0.594. The zero-order chi connectivity index (χ0) is 22.9. The van der Waals surface area contributed by atoms with Crippen molar-refractivity contribution in [2.24, 2.45) is 57.1 Å². The number of hydrogen-bond acceptors (Lipinski definition) is 6. The molecule has 6 N–H and O–H groups in total. The Kier molecular flexibility index (Phi) is 6.44. The van der Waals surface area contributed by atoms with Gasteiger partial charge >= 0.3 is 5.91 Å². The minimum atomic E-state index is -0.697. The summed E-state index contributed by atoms with van der Waals surface area (Å²) in [4.78, 5) is 25.2. The van der Waals surface area contributed by atoms with Gasteiger partial charge in [0.25, 0.3) is 0 Å². The fourth-order valence-electron chi connectivity index (χ4n) is 6.73. The molecule has 0 aliphatic heterocycles. The van der Waals surface area contributed by atoms with Gasteiger partial charge in [-0.1, -0.05) is 35.5 Å². The molecular weight excluding hydrogens is 406 g/mol. The van der Waals surface area contributed by atoms with Crippen molar-refractivity contribution in [2.75, 3.05) is 13.1 Å². The van der Waals surface area contributed by atoms with Crippen molar-refractivity contribution in [2.45, 2.75) is 43.7 Å². The fourth-order valence-corrected chi connectivity index (χ4v) is 6.73. The van der Waals surface area contributed by atoms with Gasteiger partial charge in [0.2, 0.25) is 0 Å². The van der Waals surface area contributed by atoms with Crippen molar-refractivity contribution in [3.05, 3.63) is 62.4 Å². The molecule has 0 aromatic carbocycles. The standard InChI is InChI=1S/C23H31N7O2/c24-11-15(10-16(25)12-28-30-27)17-3-5-21-19(17)4-6-20-18-2-1-14(22(31)29-32)9-13(18)7-8-23(20,21)26/h1-3,9-10,13,16,18-21H,4-8,11-12,24-26H2/b15-10+/t13?,16?,18?,19?,20?,21?,23-/m0/s1. The largest absolute Gasteiger partial charge is 0.326 e. The molecule has 4 rings (SSSR count). The van der Waals surface area contributed by atoms with Gasteiger partial charge in [-0.3, -0.25) is 4.79 Å². The molecule has 7 atom stereocenters. The van der Waals surface area contributed by atoms with E-state index in [2.05, 4.69) is 27.4 Å². The molecule has 0 saturated heterocycles. The Morgan fingerprint density at radius 3 is 2.88 bits per heavy atom. The lowest BCUT2D eigenvalue weighted by molar-refractivity contribution is -0.114. The summed E-state index contributed by atoms with van der Waals surface area (Å²) < 4.78 is 0. The number of amides is 1. The Bertz CT molecular complexity index is 961. The lowest BCUT2D eigenvalue weighted by atomic mass is 9.51. The van der Waals surface area contributed by atoms with Gasteiger partial charge < -0.3 is 17.2 Å². The van der Waals surface area contributed by atoms with E-state index < -0.39 is 5.91 Å². The normalized spacial score (nSPS) is 36.6. The van der Waals surface area contributed by atoms with Crippen LogP contribution in [-0.2, 0) is 4.79 Å². The minimum absolute atomic E-state index is 0.206. The molecule has 6 unspecified atom stereocenters. The third kappa shape index (κ3) is 3.86. The number of fused-ring (bicyclic) bond motifs is 5. The number of hydrogen-bond donors (Lipinski definition) is 3. The van der Waals surface area contributed by atoms with Crippen molar-refractivity contribution in [1.82, 2.24) is 0 Å². The van der Waals surface area contributed by atoms with Crippen molar-refractivity contribution in [1.29, 1.82) is 0 Å². The second-order valence-corrected chi connectivity index (χ2v) is 9.54. The van der Waals surface area contributed by atoms with Crippen molar-refractivity contribution in [3.8, 4) is 0 Å². The molecule has 2 saturated carbocycles.